The number of hydrogen-bond donors (Lipinski definition) is 1. The Morgan fingerprint density at radius 2 is 2.39 bits per heavy atom. The van der Waals surface area contributed by atoms with Crippen molar-refractivity contribution in [3.63, 3.8) is 0 Å². The Labute approximate surface area is 104 Å². The van der Waals surface area contributed by atoms with Crippen LogP contribution in [0, 0.1) is 10.1 Å². The van der Waals surface area contributed by atoms with E-state index in [9.17, 15) is 14.9 Å². The highest BCUT2D eigenvalue weighted by atomic mass is 16.6. The Hall–Kier alpha value is -2.18. The number of rotatable bonds is 6. The molecule has 1 aromatic rings. The van der Waals surface area contributed by atoms with Crippen molar-refractivity contribution < 1.29 is 14.5 Å². The van der Waals surface area contributed by atoms with E-state index in [-0.39, 0.29) is 24.3 Å². The molecule has 1 rings (SSSR count). The molecule has 1 amide bonds. The summed E-state index contributed by atoms with van der Waals surface area (Å²) in [5.41, 5.74) is 0. The largest absolute Gasteiger partial charge is 0.476 e. The van der Waals surface area contributed by atoms with Gasteiger partial charge in [0.2, 0.25) is 5.75 Å². The molecule has 0 spiro atoms. The molecule has 1 aromatic heterocycles. The number of amides is 1. The molecular weight excluding hydrogens is 238 g/mol. The zero-order valence-corrected chi connectivity index (χ0v) is 10.3. The highest BCUT2D eigenvalue weighted by Gasteiger charge is 2.16. The molecule has 18 heavy (non-hydrogen) atoms. The highest BCUT2D eigenvalue weighted by Crippen LogP contribution is 2.22. The van der Waals surface area contributed by atoms with Gasteiger partial charge >= 0.3 is 5.82 Å². The number of nitrogens with one attached hydrogen (secondary N) is 1. The van der Waals surface area contributed by atoms with E-state index in [0.717, 1.165) is 6.42 Å². The maximum absolute atomic E-state index is 11.4. The van der Waals surface area contributed by atoms with Crippen molar-refractivity contribution in [1.29, 1.82) is 0 Å². The van der Waals surface area contributed by atoms with Gasteiger partial charge in [-0.15, -0.1) is 0 Å². The standard InChI is InChI=1S/C11H15N3O4/c1-3-8(2)13-10(15)7-18-9-5-4-6-12-11(9)14(16)17/h4-6,8H,3,7H2,1-2H3,(H,13,15). The molecule has 0 aliphatic heterocycles. The van der Waals surface area contributed by atoms with E-state index < -0.39 is 10.7 Å². The van der Waals surface area contributed by atoms with E-state index in [0.29, 0.717) is 0 Å². The molecule has 1 N–H and O–H groups in total. The van der Waals surface area contributed by atoms with Crippen LogP contribution in [-0.4, -0.2) is 28.5 Å². The van der Waals surface area contributed by atoms with Crippen molar-refractivity contribution in [3.8, 4) is 5.75 Å². The van der Waals surface area contributed by atoms with Gasteiger partial charge in [-0.3, -0.25) is 4.79 Å². The quantitative estimate of drug-likeness (QED) is 0.608. The minimum absolute atomic E-state index is 0.0122. The summed E-state index contributed by atoms with van der Waals surface area (Å²) in [5, 5.41) is 13.3. The summed E-state index contributed by atoms with van der Waals surface area (Å²) in [4.78, 5) is 25.0. The van der Waals surface area contributed by atoms with Gasteiger partial charge in [-0.1, -0.05) is 6.92 Å². The van der Waals surface area contributed by atoms with Crippen LogP contribution < -0.4 is 10.1 Å². The Bertz CT molecular complexity index is 436. The SMILES string of the molecule is CCC(C)NC(=O)COc1cccnc1[N+](=O)[O-]. The summed E-state index contributed by atoms with van der Waals surface area (Å²) >= 11 is 0. The lowest BCUT2D eigenvalue weighted by molar-refractivity contribution is -0.390. The molecule has 1 atom stereocenters. The zero-order valence-electron chi connectivity index (χ0n) is 10.3. The lowest BCUT2D eigenvalue weighted by Crippen LogP contribution is -2.35. The Morgan fingerprint density at radius 1 is 1.67 bits per heavy atom. The molecule has 1 heterocycles. The van der Waals surface area contributed by atoms with Gasteiger partial charge in [-0.05, 0) is 35.4 Å². The number of aromatic nitrogens is 1. The third-order valence-corrected chi connectivity index (χ3v) is 2.30. The number of carbonyl (C=O) groups is 1. The van der Waals surface area contributed by atoms with E-state index in [1.807, 2.05) is 13.8 Å². The number of carbonyl (C=O) groups excluding carboxylic acids is 1. The van der Waals surface area contributed by atoms with Gasteiger partial charge in [0, 0.05) is 6.04 Å². The number of nitrogens with zero attached hydrogens (tertiary/aromatic N) is 2. The topological polar surface area (TPSA) is 94.4 Å². The first-order chi connectivity index (χ1) is 8.54. The van der Waals surface area contributed by atoms with Crippen LogP contribution in [0.15, 0.2) is 18.3 Å². The summed E-state index contributed by atoms with van der Waals surface area (Å²) in [7, 11) is 0. The Kier molecular flexibility index (Phi) is 5.04. The highest BCUT2D eigenvalue weighted by molar-refractivity contribution is 5.77. The van der Waals surface area contributed by atoms with Gasteiger partial charge in [0.25, 0.3) is 5.91 Å². The second-order valence-electron chi connectivity index (χ2n) is 3.75. The number of hydrogen-bond acceptors (Lipinski definition) is 5. The molecule has 0 aromatic carbocycles. The molecule has 0 radical (unpaired) electrons. The smallest absolute Gasteiger partial charge is 0.406 e. The maximum Gasteiger partial charge on any atom is 0.406 e. The van der Waals surface area contributed by atoms with Gasteiger partial charge in [0.15, 0.2) is 6.61 Å². The van der Waals surface area contributed by atoms with Crippen molar-refractivity contribution in [2.24, 2.45) is 0 Å². The predicted molar refractivity (Wildman–Crippen MR) is 64.3 cm³/mol. The lowest BCUT2D eigenvalue weighted by atomic mass is 10.2. The molecule has 0 bridgehead atoms. The van der Waals surface area contributed by atoms with Gasteiger partial charge < -0.3 is 20.2 Å². The molecule has 0 saturated carbocycles. The molecule has 1 unspecified atom stereocenters. The average molecular weight is 253 g/mol. The van der Waals surface area contributed by atoms with Crippen LogP contribution in [0.4, 0.5) is 5.82 Å². The van der Waals surface area contributed by atoms with Crippen LogP contribution in [0.5, 0.6) is 5.75 Å². The fourth-order valence-electron chi connectivity index (χ4n) is 1.19. The van der Waals surface area contributed by atoms with Crippen molar-refractivity contribution in [2.45, 2.75) is 26.3 Å². The van der Waals surface area contributed by atoms with E-state index in [2.05, 4.69) is 10.3 Å². The number of ether oxygens (including phenoxy) is 1. The van der Waals surface area contributed by atoms with Gasteiger partial charge in [0.1, 0.15) is 6.20 Å². The normalized spacial score (nSPS) is 11.7. The second-order valence-corrected chi connectivity index (χ2v) is 3.75. The van der Waals surface area contributed by atoms with Crippen molar-refractivity contribution in [3.05, 3.63) is 28.4 Å². The van der Waals surface area contributed by atoms with Crippen LogP contribution in [0.2, 0.25) is 0 Å². The van der Waals surface area contributed by atoms with Crippen molar-refractivity contribution >= 4 is 11.7 Å². The average Bonchev–Trinajstić information content (AvgIpc) is 2.36. The first-order valence-electron chi connectivity index (χ1n) is 5.56. The van der Waals surface area contributed by atoms with Crippen LogP contribution in [0.1, 0.15) is 20.3 Å². The fraction of sp³-hybridized carbons (Fsp3) is 0.455. The molecule has 0 saturated heterocycles. The van der Waals surface area contributed by atoms with Crippen LogP contribution >= 0.6 is 0 Å². The van der Waals surface area contributed by atoms with Crippen LogP contribution in [0.25, 0.3) is 0 Å². The minimum atomic E-state index is -0.651. The van der Waals surface area contributed by atoms with E-state index in [1.165, 1.54) is 18.3 Å². The van der Waals surface area contributed by atoms with E-state index in [1.54, 1.807) is 0 Å². The van der Waals surface area contributed by atoms with Crippen molar-refractivity contribution in [2.75, 3.05) is 6.61 Å². The van der Waals surface area contributed by atoms with E-state index >= 15 is 0 Å². The molecule has 0 aliphatic rings. The summed E-state index contributed by atoms with van der Waals surface area (Å²) < 4.78 is 5.09. The molecule has 98 valence electrons. The van der Waals surface area contributed by atoms with Crippen LogP contribution in [-0.2, 0) is 4.79 Å². The number of nitro groups is 1. The fourth-order valence-corrected chi connectivity index (χ4v) is 1.19. The van der Waals surface area contributed by atoms with Crippen LogP contribution in [0.3, 0.4) is 0 Å². The summed E-state index contributed by atoms with van der Waals surface area (Å²) in [6, 6.07) is 2.96. The first-order valence-corrected chi connectivity index (χ1v) is 5.56. The Balaban J connectivity index is 2.58. The van der Waals surface area contributed by atoms with E-state index in [4.69, 9.17) is 4.74 Å². The monoisotopic (exact) mass is 253 g/mol. The summed E-state index contributed by atoms with van der Waals surface area (Å²) in [6.45, 7) is 3.54. The molecule has 0 aliphatic carbocycles. The third kappa shape index (κ3) is 4.00. The summed E-state index contributed by atoms with van der Waals surface area (Å²) in [6.07, 6.45) is 2.10. The maximum atomic E-state index is 11.4. The third-order valence-electron chi connectivity index (χ3n) is 2.30. The van der Waals surface area contributed by atoms with Gasteiger partial charge in [-0.25, -0.2) is 0 Å². The lowest BCUT2D eigenvalue weighted by Gasteiger charge is -2.11. The first kappa shape index (κ1) is 13.9. The zero-order chi connectivity index (χ0) is 13.5. The molecule has 7 heteroatoms. The van der Waals surface area contributed by atoms with Crippen molar-refractivity contribution in [1.82, 2.24) is 10.3 Å². The summed E-state index contributed by atoms with van der Waals surface area (Å²) in [5.74, 6) is -0.724. The number of pyridine rings is 1. The minimum Gasteiger partial charge on any atom is -0.476 e. The van der Waals surface area contributed by atoms with Gasteiger partial charge in [-0.2, -0.15) is 0 Å². The molecular formula is C11H15N3O4. The molecule has 7 nitrogen and oxygen atoms in total. The van der Waals surface area contributed by atoms with Gasteiger partial charge in [0.05, 0.1) is 0 Å². The molecule has 0 fully saturated rings. The second kappa shape index (κ2) is 6.53. The predicted octanol–water partition coefficient (Wildman–Crippen LogP) is 1.28. The Morgan fingerprint density at radius 3 is 3.00 bits per heavy atom.